The fraction of sp³-hybridized carbons (Fsp3) is 0.545. The van der Waals surface area contributed by atoms with Gasteiger partial charge in [-0.25, -0.2) is 4.79 Å². The lowest BCUT2D eigenvalue weighted by atomic mass is 10.4. The fourth-order valence-electron chi connectivity index (χ4n) is 1.71. The zero-order valence-electron chi connectivity index (χ0n) is 10.8. The van der Waals surface area contributed by atoms with Crippen molar-refractivity contribution in [2.75, 3.05) is 11.9 Å². The smallest absolute Gasteiger partial charge is 0.328 e. The molecule has 0 spiro atoms. The van der Waals surface area contributed by atoms with Crippen molar-refractivity contribution in [2.45, 2.75) is 33.4 Å². The van der Waals surface area contributed by atoms with Crippen LogP contribution in [0.3, 0.4) is 0 Å². The van der Waals surface area contributed by atoms with Crippen molar-refractivity contribution in [3.63, 3.8) is 0 Å². The van der Waals surface area contributed by atoms with Crippen LogP contribution in [-0.4, -0.2) is 25.3 Å². The van der Waals surface area contributed by atoms with Crippen molar-refractivity contribution in [2.24, 2.45) is 0 Å². The fourth-order valence-corrected chi connectivity index (χ4v) is 2.35. The van der Waals surface area contributed by atoms with Gasteiger partial charge in [-0.1, -0.05) is 4.49 Å². The molecule has 0 bridgehead atoms. The summed E-state index contributed by atoms with van der Waals surface area (Å²) in [5.41, 5.74) is 0.797. The van der Waals surface area contributed by atoms with Gasteiger partial charge in [-0.2, -0.15) is 0 Å². The summed E-state index contributed by atoms with van der Waals surface area (Å²) in [6.45, 7) is 7.27. The molecule has 2 rings (SSSR count). The number of aromatic nitrogens is 4. The maximum atomic E-state index is 12.1. The molecule has 2 heterocycles. The van der Waals surface area contributed by atoms with Crippen molar-refractivity contribution in [1.82, 2.24) is 18.7 Å². The average molecular weight is 267 g/mol. The van der Waals surface area contributed by atoms with Gasteiger partial charge in [0.25, 0.3) is 0 Å². The number of nitrogens with one attached hydrogen (secondary N) is 1. The van der Waals surface area contributed by atoms with E-state index in [4.69, 9.17) is 0 Å². The lowest BCUT2D eigenvalue weighted by Crippen LogP contribution is -2.25. The van der Waals surface area contributed by atoms with Crippen LogP contribution in [-0.2, 0) is 6.54 Å². The quantitative estimate of drug-likeness (QED) is 0.893. The molecule has 1 N–H and O–H groups in total. The molecular formula is C11H17N5OS. The molecule has 0 atom stereocenters. The Hall–Kier alpha value is -1.63. The molecule has 0 saturated heterocycles. The van der Waals surface area contributed by atoms with E-state index in [1.807, 2.05) is 20.8 Å². The number of rotatable bonds is 5. The van der Waals surface area contributed by atoms with Crippen LogP contribution in [0.5, 0.6) is 0 Å². The SMILES string of the molecule is CCNc1snnc1Cn1ccn(C(C)C)c1=O. The molecule has 7 heteroatoms. The van der Waals surface area contributed by atoms with Gasteiger partial charge >= 0.3 is 5.69 Å². The van der Waals surface area contributed by atoms with Gasteiger partial charge in [-0.3, -0.25) is 9.13 Å². The van der Waals surface area contributed by atoms with Crippen molar-refractivity contribution in [1.29, 1.82) is 0 Å². The van der Waals surface area contributed by atoms with Gasteiger partial charge in [-0.15, -0.1) is 5.10 Å². The zero-order chi connectivity index (χ0) is 13.1. The lowest BCUT2D eigenvalue weighted by molar-refractivity contribution is 0.560. The van der Waals surface area contributed by atoms with Crippen molar-refractivity contribution < 1.29 is 0 Å². The Morgan fingerprint density at radius 1 is 1.44 bits per heavy atom. The van der Waals surface area contributed by atoms with E-state index in [2.05, 4.69) is 14.9 Å². The first-order valence-corrected chi connectivity index (χ1v) is 6.73. The highest BCUT2D eigenvalue weighted by atomic mass is 32.1. The summed E-state index contributed by atoms with van der Waals surface area (Å²) in [6.07, 6.45) is 3.59. The summed E-state index contributed by atoms with van der Waals surface area (Å²) in [4.78, 5) is 12.1. The van der Waals surface area contributed by atoms with E-state index >= 15 is 0 Å². The molecule has 0 aliphatic carbocycles. The van der Waals surface area contributed by atoms with E-state index in [0.717, 1.165) is 17.2 Å². The molecule has 0 aromatic carbocycles. The van der Waals surface area contributed by atoms with Gasteiger partial charge in [0.05, 0.1) is 6.54 Å². The number of hydrogen-bond donors (Lipinski definition) is 1. The van der Waals surface area contributed by atoms with E-state index in [-0.39, 0.29) is 11.7 Å². The highest BCUT2D eigenvalue weighted by molar-refractivity contribution is 7.10. The van der Waals surface area contributed by atoms with Crippen molar-refractivity contribution >= 4 is 16.5 Å². The van der Waals surface area contributed by atoms with Gasteiger partial charge in [0.1, 0.15) is 10.7 Å². The van der Waals surface area contributed by atoms with Gasteiger partial charge in [0, 0.05) is 36.5 Å². The van der Waals surface area contributed by atoms with Gasteiger partial charge in [0.15, 0.2) is 0 Å². The van der Waals surface area contributed by atoms with Gasteiger partial charge in [-0.05, 0) is 20.8 Å². The largest absolute Gasteiger partial charge is 0.374 e. The highest BCUT2D eigenvalue weighted by Crippen LogP contribution is 2.17. The predicted octanol–water partition coefficient (Wildman–Crippen LogP) is 1.56. The Morgan fingerprint density at radius 2 is 2.22 bits per heavy atom. The predicted molar refractivity (Wildman–Crippen MR) is 72.3 cm³/mol. The molecule has 0 aliphatic heterocycles. The monoisotopic (exact) mass is 267 g/mol. The molecule has 18 heavy (non-hydrogen) atoms. The van der Waals surface area contributed by atoms with E-state index in [9.17, 15) is 4.79 Å². The topological polar surface area (TPSA) is 64.7 Å². The van der Waals surface area contributed by atoms with E-state index in [1.54, 1.807) is 21.5 Å². The van der Waals surface area contributed by atoms with Gasteiger partial charge < -0.3 is 5.32 Å². The van der Waals surface area contributed by atoms with Crippen LogP contribution in [0.1, 0.15) is 32.5 Å². The first kappa shape index (κ1) is 12.8. The van der Waals surface area contributed by atoms with Crippen LogP contribution < -0.4 is 11.0 Å². The van der Waals surface area contributed by atoms with E-state index in [1.165, 1.54) is 11.5 Å². The first-order chi connectivity index (χ1) is 8.63. The number of hydrogen-bond acceptors (Lipinski definition) is 5. The minimum Gasteiger partial charge on any atom is -0.374 e. The summed E-state index contributed by atoms with van der Waals surface area (Å²) >= 11 is 1.32. The highest BCUT2D eigenvalue weighted by Gasteiger charge is 2.11. The summed E-state index contributed by atoms with van der Waals surface area (Å²) in [6, 6.07) is 0.167. The Bertz CT molecular complexity index is 568. The molecule has 0 saturated carbocycles. The third-order valence-electron chi connectivity index (χ3n) is 2.64. The molecule has 2 aromatic heterocycles. The Morgan fingerprint density at radius 3 is 2.83 bits per heavy atom. The van der Waals surface area contributed by atoms with Crippen LogP contribution in [0.25, 0.3) is 0 Å². The van der Waals surface area contributed by atoms with Crippen LogP contribution in [0.4, 0.5) is 5.00 Å². The Kier molecular flexibility index (Phi) is 3.81. The molecule has 0 aliphatic rings. The summed E-state index contributed by atoms with van der Waals surface area (Å²) in [5.74, 6) is 0. The molecule has 98 valence electrons. The minimum absolute atomic E-state index is 0.0135. The lowest BCUT2D eigenvalue weighted by Gasteiger charge is -2.05. The Balaban J connectivity index is 2.24. The molecule has 6 nitrogen and oxygen atoms in total. The third kappa shape index (κ3) is 2.45. The van der Waals surface area contributed by atoms with Crippen LogP contribution in [0.15, 0.2) is 17.2 Å². The first-order valence-electron chi connectivity index (χ1n) is 5.95. The second-order valence-electron chi connectivity index (χ2n) is 4.29. The van der Waals surface area contributed by atoms with Crippen LogP contribution in [0, 0.1) is 0 Å². The normalized spacial score (nSPS) is 11.1. The van der Waals surface area contributed by atoms with Crippen LogP contribution in [0.2, 0.25) is 0 Å². The molecule has 0 amide bonds. The molecule has 0 radical (unpaired) electrons. The number of nitrogens with zero attached hydrogens (tertiary/aromatic N) is 4. The second kappa shape index (κ2) is 5.34. The summed E-state index contributed by atoms with van der Waals surface area (Å²) in [7, 11) is 0. The van der Waals surface area contributed by atoms with E-state index in [0.29, 0.717) is 6.54 Å². The molecule has 0 unspecified atom stereocenters. The molecule has 2 aromatic rings. The molecule has 0 fully saturated rings. The maximum Gasteiger partial charge on any atom is 0.328 e. The second-order valence-corrected chi connectivity index (χ2v) is 5.04. The average Bonchev–Trinajstić information content (AvgIpc) is 2.89. The van der Waals surface area contributed by atoms with Crippen molar-refractivity contribution in [3.05, 3.63) is 28.6 Å². The van der Waals surface area contributed by atoms with E-state index < -0.39 is 0 Å². The number of imidazole rings is 1. The third-order valence-corrected chi connectivity index (χ3v) is 3.37. The summed E-state index contributed by atoms with van der Waals surface area (Å²) in [5, 5.41) is 8.19. The summed E-state index contributed by atoms with van der Waals surface area (Å²) < 4.78 is 7.27. The van der Waals surface area contributed by atoms with Crippen LogP contribution >= 0.6 is 11.5 Å². The Labute approximate surface area is 109 Å². The standard InChI is InChI=1S/C11H17N5OS/c1-4-12-10-9(13-14-18-10)7-15-5-6-16(8(2)3)11(15)17/h5-6,8,12H,4,7H2,1-3H3. The maximum absolute atomic E-state index is 12.1. The van der Waals surface area contributed by atoms with Gasteiger partial charge in [0.2, 0.25) is 0 Å². The molecular weight excluding hydrogens is 250 g/mol. The minimum atomic E-state index is -0.0135. The van der Waals surface area contributed by atoms with Crippen molar-refractivity contribution in [3.8, 4) is 0 Å². The number of anilines is 1. The zero-order valence-corrected chi connectivity index (χ0v) is 11.6.